The van der Waals surface area contributed by atoms with Gasteiger partial charge in [-0.05, 0) is 17.7 Å². The first-order chi connectivity index (χ1) is 16.8. The monoisotopic (exact) mass is 494 g/mol. The Kier molecular flexibility index (Phi) is 7.55. The lowest BCUT2D eigenvalue weighted by molar-refractivity contribution is -0.277. The summed E-state index contributed by atoms with van der Waals surface area (Å²) < 4.78 is 33.5. The van der Waals surface area contributed by atoms with Crippen LogP contribution in [0.25, 0.3) is 0 Å². The third-order valence-corrected chi connectivity index (χ3v) is 6.22. The maximum atomic E-state index is 11.0. The number of ether oxygens (including phenoxy) is 6. The molecular weight excluding hydrogens is 464 g/mol. The van der Waals surface area contributed by atoms with Crippen LogP contribution >= 0.6 is 0 Å². The summed E-state index contributed by atoms with van der Waals surface area (Å²) >= 11 is 0. The van der Waals surface area contributed by atoms with Gasteiger partial charge >= 0.3 is 0 Å². The first-order valence-electron chi connectivity index (χ1n) is 11.1. The molecule has 192 valence electrons. The third-order valence-electron chi connectivity index (χ3n) is 6.22. The smallest absolute Gasteiger partial charge is 0.229 e. The highest BCUT2D eigenvalue weighted by Crippen LogP contribution is 2.44. The van der Waals surface area contributed by atoms with Crippen molar-refractivity contribution in [1.29, 1.82) is 0 Å². The second-order valence-electron chi connectivity index (χ2n) is 8.34. The molecule has 0 saturated carbocycles. The van der Waals surface area contributed by atoms with Crippen LogP contribution in [0.1, 0.15) is 17.2 Å². The lowest BCUT2D eigenvalue weighted by Gasteiger charge is -2.40. The number of hydrogen-bond donors (Lipinski definition) is 5. The predicted molar refractivity (Wildman–Crippen MR) is 120 cm³/mol. The molecule has 5 N–H and O–H groups in total. The van der Waals surface area contributed by atoms with Crippen molar-refractivity contribution in [2.24, 2.45) is 0 Å². The van der Waals surface area contributed by atoms with Crippen LogP contribution in [-0.4, -0.2) is 90.3 Å². The van der Waals surface area contributed by atoms with Gasteiger partial charge in [-0.1, -0.05) is 6.07 Å². The molecule has 2 aromatic rings. The van der Waals surface area contributed by atoms with E-state index in [0.29, 0.717) is 34.1 Å². The molecule has 0 spiro atoms. The summed E-state index contributed by atoms with van der Waals surface area (Å²) in [6.07, 6.45) is -8.79. The summed E-state index contributed by atoms with van der Waals surface area (Å²) in [5.74, 6) is 1.98. The van der Waals surface area contributed by atoms with Crippen LogP contribution in [0.4, 0.5) is 0 Å². The number of fused-ring (bicyclic) bond motifs is 1. The molecule has 0 aromatic heterocycles. The van der Waals surface area contributed by atoms with Gasteiger partial charge in [-0.3, -0.25) is 0 Å². The number of aliphatic hydroxyl groups is 5. The van der Waals surface area contributed by atoms with E-state index in [-0.39, 0.29) is 12.2 Å². The molecule has 2 heterocycles. The van der Waals surface area contributed by atoms with E-state index in [9.17, 15) is 25.5 Å². The van der Waals surface area contributed by atoms with Crippen LogP contribution in [0.15, 0.2) is 30.3 Å². The average Bonchev–Trinajstić information content (AvgIpc) is 2.88. The fourth-order valence-corrected chi connectivity index (χ4v) is 4.27. The highest BCUT2D eigenvalue weighted by atomic mass is 16.7. The molecule has 0 bridgehead atoms. The van der Waals surface area contributed by atoms with Gasteiger partial charge in [0, 0.05) is 24.1 Å². The molecule has 0 radical (unpaired) electrons. The Morgan fingerprint density at radius 2 is 1.60 bits per heavy atom. The quantitative estimate of drug-likeness (QED) is 0.351. The van der Waals surface area contributed by atoms with Crippen molar-refractivity contribution in [2.45, 2.75) is 49.3 Å². The molecule has 1 fully saturated rings. The predicted octanol–water partition coefficient (Wildman–Crippen LogP) is -0.0718. The number of aliphatic hydroxyl groups excluding tert-OH is 5. The number of rotatable bonds is 7. The van der Waals surface area contributed by atoms with Gasteiger partial charge in [-0.15, -0.1) is 0 Å². The van der Waals surface area contributed by atoms with E-state index in [1.165, 1.54) is 27.4 Å². The Morgan fingerprint density at radius 1 is 0.857 bits per heavy atom. The number of hydrogen-bond acceptors (Lipinski definition) is 11. The molecule has 11 nitrogen and oxygen atoms in total. The number of benzene rings is 2. The molecule has 4 rings (SSSR count). The van der Waals surface area contributed by atoms with Crippen LogP contribution in [0.3, 0.4) is 0 Å². The average molecular weight is 494 g/mol. The van der Waals surface area contributed by atoms with Crippen LogP contribution in [-0.2, 0) is 11.2 Å². The van der Waals surface area contributed by atoms with E-state index in [2.05, 4.69) is 0 Å². The van der Waals surface area contributed by atoms with Gasteiger partial charge in [0.1, 0.15) is 47.8 Å². The van der Waals surface area contributed by atoms with Crippen LogP contribution in [0, 0.1) is 0 Å². The molecule has 35 heavy (non-hydrogen) atoms. The second kappa shape index (κ2) is 10.4. The van der Waals surface area contributed by atoms with Gasteiger partial charge in [0.05, 0.1) is 34.0 Å². The largest absolute Gasteiger partial charge is 0.496 e. The summed E-state index contributed by atoms with van der Waals surface area (Å²) in [5, 5.41) is 50.9. The van der Waals surface area contributed by atoms with Gasteiger partial charge in [-0.25, -0.2) is 0 Å². The molecule has 7 atom stereocenters. The van der Waals surface area contributed by atoms with Crippen molar-refractivity contribution < 1.29 is 54.0 Å². The molecule has 2 aliphatic heterocycles. The van der Waals surface area contributed by atoms with Gasteiger partial charge in [-0.2, -0.15) is 0 Å². The topological polar surface area (TPSA) is 157 Å². The summed E-state index contributed by atoms with van der Waals surface area (Å²) in [7, 11) is 4.51. The Morgan fingerprint density at radius 3 is 2.26 bits per heavy atom. The van der Waals surface area contributed by atoms with Crippen molar-refractivity contribution in [2.75, 3.05) is 27.9 Å². The highest BCUT2D eigenvalue weighted by Gasteiger charge is 2.45. The maximum absolute atomic E-state index is 11.0. The van der Waals surface area contributed by atoms with Crippen molar-refractivity contribution in [3.05, 3.63) is 41.5 Å². The Bertz CT molecular complexity index is 1030. The Labute approximate surface area is 202 Å². The van der Waals surface area contributed by atoms with Crippen molar-refractivity contribution in [3.63, 3.8) is 0 Å². The zero-order chi connectivity index (χ0) is 25.3. The summed E-state index contributed by atoms with van der Waals surface area (Å²) in [6, 6.07) is 8.40. The zero-order valence-electron chi connectivity index (χ0n) is 19.5. The summed E-state index contributed by atoms with van der Waals surface area (Å²) in [4.78, 5) is 0. The second-order valence-corrected chi connectivity index (χ2v) is 8.34. The van der Waals surface area contributed by atoms with Crippen molar-refractivity contribution in [1.82, 2.24) is 0 Å². The molecular formula is C24H30O11. The summed E-state index contributed by atoms with van der Waals surface area (Å²) in [6.45, 7) is -0.587. The van der Waals surface area contributed by atoms with E-state index in [1.807, 2.05) is 0 Å². The minimum Gasteiger partial charge on any atom is -0.496 e. The molecule has 2 aliphatic rings. The van der Waals surface area contributed by atoms with Gasteiger partial charge < -0.3 is 54.0 Å². The molecule has 11 heteroatoms. The molecule has 2 aromatic carbocycles. The first-order valence-corrected chi connectivity index (χ1v) is 11.1. The van der Waals surface area contributed by atoms with Gasteiger partial charge in [0.25, 0.3) is 0 Å². The normalized spacial score (nSPS) is 30.1. The maximum Gasteiger partial charge on any atom is 0.229 e. The fourth-order valence-electron chi connectivity index (χ4n) is 4.27. The summed E-state index contributed by atoms with van der Waals surface area (Å²) in [5.41, 5.74) is 1.16. The lowest BCUT2D eigenvalue weighted by atomic mass is 9.93. The Hall–Kier alpha value is -2.80. The standard InChI is InChI=1S/C24H30O11/c1-30-12-7-16-13(17(8-12)34-24-22(29)21(28)20(27)19(10-25)35-24)9-14(26)23(33-16)11-4-5-15(31-2)18(6-11)32-3/h4-8,14,19-29H,9-10H2,1-3H3/t14-,19+,20+,21-,22+,23+,24+/m0/s1. The zero-order valence-corrected chi connectivity index (χ0v) is 19.5. The highest BCUT2D eigenvalue weighted by molar-refractivity contribution is 5.53. The first kappa shape index (κ1) is 25.3. The Balaban J connectivity index is 1.65. The fraction of sp³-hybridized carbons (Fsp3) is 0.500. The van der Waals surface area contributed by atoms with E-state index in [4.69, 9.17) is 28.4 Å². The van der Waals surface area contributed by atoms with E-state index >= 15 is 0 Å². The molecule has 0 aliphatic carbocycles. The minimum atomic E-state index is -1.59. The molecule has 0 amide bonds. The van der Waals surface area contributed by atoms with Gasteiger partial charge in [0.2, 0.25) is 6.29 Å². The molecule has 0 unspecified atom stereocenters. The van der Waals surface area contributed by atoms with Crippen LogP contribution in [0.5, 0.6) is 28.7 Å². The van der Waals surface area contributed by atoms with E-state index in [0.717, 1.165) is 0 Å². The van der Waals surface area contributed by atoms with Crippen molar-refractivity contribution >= 4 is 0 Å². The minimum absolute atomic E-state index is 0.130. The lowest BCUT2D eigenvalue weighted by Crippen LogP contribution is -2.60. The molecule has 1 saturated heterocycles. The van der Waals surface area contributed by atoms with Crippen molar-refractivity contribution in [3.8, 4) is 28.7 Å². The van der Waals surface area contributed by atoms with Gasteiger partial charge in [0.15, 0.2) is 11.5 Å². The third kappa shape index (κ3) is 4.83. The SMILES string of the molecule is COc1cc(O[C@@H]2O[C@H](CO)[C@@H](O)[C@H](O)[C@H]2O)c2c(c1)O[C@H](c1ccc(OC)c(OC)c1)[C@@H](O)C2. The van der Waals surface area contributed by atoms with E-state index in [1.54, 1.807) is 24.3 Å². The number of methoxy groups -OCH3 is 3. The van der Waals surface area contributed by atoms with Crippen LogP contribution < -0.4 is 23.7 Å². The van der Waals surface area contributed by atoms with Crippen LogP contribution in [0.2, 0.25) is 0 Å². The van der Waals surface area contributed by atoms with E-state index < -0.39 is 49.5 Å².